The van der Waals surface area contributed by atoms with Gasteiger partial charge < -0.3 is 10.2 Å². The van der Waals surface area contributed by atoms with Crippen LogP contribution in [-0.4, -0.2) is 51.6 Å². The number of hydrogen-bond acceptors (Lipinski definition) is 3. The van der Waals surface area contributed by atoms with Crippen LogP contribution in [0.1, 0.15) is 37.6 Å². The molecule has 0 radical (unpaired) electrons. The van der Waals surface area contributed by atoms with Crippen LogP contribution in [0.15, 0.2) is 59.7 Å². The number of likely N-dealkylation sites (tertiary alicyclic amines) is 1. The number of fused-ring (bicyclic) bond motifs is 1. The van der Waals surface area contributed by atoms with Gasteiger partial charge in [-0.1, -0.05) is 43.3 Å². The molecular weight excluding hydrogens is 360 g/mol. The molecule has 3 aromatic rings. The zero-order chi connectivity index (χ0) is 20.1. The largest absolute Gasteiger partial charge is 0.357 e. The van der Waals surface area contributed by atoms with Crippen molar-refractivity contribution in [3.63, 3.8) is 0 Å². The molecule has 1 aromatic carbocycles. The predicted octanol–water partition coefficient (Wildman–Crippen LogP) is 3.36. The molecule has 1 aliphatic rings. The summed E-state index contributed by atoms with van der Waals surface area (Å²) in [5.74, 6) is 3.18. The van der Waals surface area contributed by atoms with Crippen LogP contribution in [0.2, 0.25) is 0 Å². The van der Waals surface area contributed by atoms with E-state index in [-0.39, 0.29) is 0 Å². The summed E-state index contributed by atoms with van der Waals surface area (Å²) in [7, 11) is 0. The molecular formula is C23H30N6. The maximum Gasteiger partial charge on any atom is 0.193 e. The smallest absolute Gasteiger partial charge is 0.193 e. The molecule has 6 heteroatoms. The van der Waals surface area contributed by atoms with E-state index in [1.165, 1.54) is 5.56 Å². The fourth-order valence-corrected chi connectivity index (χ4v) is 4.28. The first-order valence-corrected chi connectivity index (χ1v) is 10.6. The molecule has 6 nitrogen and oxygen atoms in total. The zero-order valence-electron chi connectivity index (χ0n) is 17.3. The van der Waals surface area contributed by atoms with Crippen molar-refractivity contribution in [1.29, 1.82) is 0 Å². The van der Waals surface area contributed by atoms with Gasteiger partial charge in [0.1, 0.15) is 5.82 Å². The maximum absolute atomic E-state index is 4.90. The molecule has 0 bridgehead atoms. The van der Waals surface area contributed by atoms with Crippen LogP contribution in [0.5, 0.6) is 0 Å². The Balaban J connectivity index is 1.41. The van der Waals surface area contributed by atoms with Crippen molar-refractivity contribution in [1.82, 2.24) is 24.8 Å². The summed E-state index contributed by atoms with van der Waals surface area (Å²) in [5.41, 5.74) is 2.34. The number of nitrogens with one attached hydrogen (secondary N) is 1. The van der Waals surface area contributed by atoms with Gasteiger partial charge in [-0.15, -0.1) is 10.2 Å². The molecule has 0 aliphatic carbocycles. The SMILES string of the molecule is CCNC(=NCCc1nnc2ccccn12)N1CCC(c2ccccc2)C(C)C1. The Labute approximate surface area is 172 Å². The van der Waals surface area contributed by atoms with Crippen molar-refractivity contribution < 1.29 is 0 Å². The summed E-state index contributed by atoms with van der Waals surface area (Å²) in [6.07, 6.45) is 3.94. The molecule has 1 fully saturated rings. The third kappa shape index (κ3) is 4.42. The van der Waals surface area contributed by atoms with E-state index in [4.69, 9.17) is 4.99 Å². The molecule has 4 rings (SSSR count). The van der Waals surface area contributed by atoms with Gasteiger partial charge in [-0.3, -0.25) is 9.39 Å². The fraction of sp³-hybridized carbons (Fsp3) is 0.435. The van der Waals surface area contributed by atoms with Gasteiger partial charge in [-0.2, -0.15) is 0 Å². The number of guanidine groups is 1. The first-order chi connectivity index (χ1) is 14.3. The van der Waals surface area contributed by atoms with E-state index in [0.29, 0.717) is 18.4 Å². The van der Waals surface area contributed by atoms with Crippen molar-refractivity contribution in [2.45, 2.75) is 32.6 Å². The Kier molecular flexibility index (Phi) is 6.08. The van der Waals surface area contributed by atoms with Crippen LogP contribution in [0, 0.1) is 5.92 Å². The highest BCUT2D eigenvalue weighted by Gasteiger charge is 2.28. The minimum absolute atomic E-state index is 0.593. The molecule has 0 spiro atoms. The molecule has 1 saturated heterocycles. The van der Waals surface area contributed by atoms with E-state index in [1.807, 2.05) is 28.8 Å². The van der Waals surface area contributed by atoms with Crippen LogP contribution < -0.4 is 5.32 Å². The predicted molar refractivity (Wildman–Crippen MR) is 117 cm³/mol. The lowest BCUT2D eigenvalue weighted by atomic mass is 9.82. The van der Waals surface area contributed by atoms with Crippen LogP contribution in [0.25, 0.3) is 5.65 Å². The highest BCUT2D eigenvalue weighted by Crippen LogP contribution is 2.32. The van der Waals surface area contributed by atoms with E-state index in [9.17, 15) is 0 Å². The van der Waals surface area contributed by atoms with Crippen LogP contribution in [0.3, 0.4) is 0 Å². The monoisotopic (exact) mass is 390 g/mol. The number of rotatable bonds is 5. The lowest BCUT2D eigenvalue weighted by molar-refractivity contribution is 0.234. The van der Waals surface area contributed by atoms with Crippen LogP contribution >= 0.6 is 0 Å². The summed E-state index contributed by atoms with van der Waals surface area (Å²) in [4.78, 5) is 7.31. The Morgan fingerprint density at radius 3 is 2.76 bits per heavy atom. The summed E-state index contributed by atoms with van der Waals surface area (Å²) < 4.78 is 2.04. The van der Waals surface area contributed by atoms with Gasteiger partial charge in [0.05, 0.1) is 0 Å². The third-order valence-corrected chi connectivity index (χ3v) is 5.75. The highest BCUT2D eigenvalue weighted by molar-refractivity contribution is 5.80. The number of aliphatic imine (C=N–C) groups is 1. The number of pyridine rings is 1. The first-order valence-electron chi connectivity index (χ1n) is 10.6. The van der Waals surface area contributed by atoms with E-state index in [2.05, 4.69) is 64.6 Å². The molecule has 0 amide bonds. The Hall–Kier alpha value is -2.89. The van der Waals surface area contributed by atoms with Gasteiger partial charge in [0.15, 0.2) is 11.6 Å². The van der Waals surface area contributed by atoms with Crippen molar-refractivity contribution in [3.8, 4) is 0 Å². The number of piperidine rings is 1. The molecule has 3 heterocycles. The molecule has 2 unspecified atom stereocenters. The normalized spacial score (nSPS) is 20.2. The summed E-state index contributed by atoms with van der Waals surface area (Å²) >= 11 is 0. The van der Waals surface area contributed by atoms with Gasteiger partial charge in [-0.05, 0) is 42.9 Å². The van der Waals surface area contributed by atoms with Crippen molar-refractivity contribution in [2.75, 3.05) is 26.2 Å². The highest BCUT2D eigenvalue weighted by atomic mass is 15.3. The Morgan fingerprint density at radius 2 is 1.97 bits per heavy atom. The van der Waals surface area contributed by atoms with Gasteiger partial charge >= 0.3 is 0 Å². The first kappa shape index (κ1) is 19.4. The summed E-state index contributed by atoms with van der Waals surface area (Å²) in [5, 5.41) is 12.0. The standard InChI is InChI=1S/C23H30N6/c1-3-24-23(25-14-12-22-27-26-21-11-7-8-15-29(21)22)28-16-13-20(18(2)17-28)19-9-5-4-6-10-19/h4-11,15,18,20H,3,12-14,16-17H2,1-2H3,(H,24,25). The lowest BCUT2D eigenvalue weighted by Crippen LogP contribution is -2.48. The van der Waals surface area contributed by atoms with E-state index >= 15 is 0 Å². The van der Waals surface area contributed by atoms with Crippen molar-refractivity contribution in [3.05, 3.63) is 66.1 Å². The van der Waals surface area contributed by atoms with E-state index in [0.717, 1.165) is 49.9 Å². The zero-order valence-corrected chi connectivity index (χ0v) is 17.3. The molecule has 0 saturated carbocycles. The third-order valence-electron chi connectivity index (χ3n) is 5.75. The molecule has 2 aromatic heterocycles. The van der Waals surface area contributed by atoms with E-state index in [1.54, 1.807) is 0 Å². The number of nitrogens with zero attached hydrogens (tertiary/aromatic N) is 5. The van der Waals surface area contributed by atoms with Gasteiger partial charge in [0.25, 0.3) is 0 Å². The second-order valence-corrected chi connectivity index (χ2v) is 7.76. The Morgan fingerprint density at radius 1 is 1.14 bits per heavy atom. The topological polar surface area (TPSA) is 57.8 Å². The number of hydrogen-bond donors (Lipinski definition) is 1. The van der Waals surface area contributed by atoms with Gasteiger partial charge in [0.2, 0.25) is 0 Å². The second kappa shape index (κ2) is 9.07. The molecule has 2 atom stereocenters. The summed E-state index contributed by atoms with van der Waals surface area (Å²) in [6, 6.07) is 16.9. The quantitative estimate of drug-likeness (QED) is 0.536. The minimum Gasteiger partial charge on any atom is -0.357 e. The van der Waals surface area contributed by atoms with Crippen molar-refractivity contribution in [2.24, 2.45) is 10.9 Å². The average molecular weight is 391 g/mol. The summed E-state index contributed by atoms with van der Waals surface area (Å²) in [6.45, 7) is 8.12. The lowest BCUT2D eigenvalue weighted by Gasteiger charge is -2.39. The van der Waals surface area contributed by atoms with Crippen LogP contribution in [-0.2, 0) is 6.42 Å². The fourth-order valence-electron chi connectivity index (χ4n) is 4.28. The van der Waals surface area contributed by atoms with Crippen LogP contribution in [0.4, 0.5) is 0 Å². The second-order valence-electron chi connectivity index (χ2n) is 7.76. The Bertz CT molecular complexity index is 948. The number of benzene rings is 1. The molecule has 1 N–H and O–H groups in total. The van der Waals surface area contributed by atoms with Crippen molar-refractivity contribution >= 4 is 11.6 Å². The molecule has 152 valence electrons. The molecule has 1 aliphatic heterocycles. The minimum atomic E-state index is 0.593. The molecule has 29 heavy (non-hydrogen) atoms. The number of aromatic nitrogens is 3. The van der Waals surface area contributed by atoms with E-state index < -0.39 is 0 Å². The van der Waals surface area contributed by atoms with Gasteiger partial charge in [-0.25, -0.2) is 0 Å². The average Bonchev–Trinajstić information content (AvgIpc) is 3.17. The maximum atomic E-state index is 4.90. The van der Waals surface area contributed by atoms with Gasteiger partial charge in [0, 0.05) is 38.8 Å².